The molecule has 3 aliphatic rings. The van der Waals surface area contributed by atoms with Crippen molar-refractivity contribution in [1.82, 2.24) is 0 Å². The van der Waals surface area contributed by atoms with Gasteiger partial charge in [0.25, 0.3) is 0 Å². The molecule has 0 aromatic rings. The van der Waals surface area contributed by atoms with Crippen LogP contribution in [0.5, 0.6) is 0 Å². The van der Waals surface area contributed by atoms with Gasteiger partial charge in [0.05, 0.1) is 0 Å². The molecule has 37 heavy (non-hydrogen) atoms. The van der Waals surface area contributed by atoms with Crippen LogP contribution in [0.4, 0.5) is 0 Å². The summed E-state index contributed by atoms with van der Waals surface area (Å²) in [6.45, 7) is 0. The molecular weight excluding hydrogens is 499 g/mol. The van der Waals surface area contributed by atoms with Crippen molar-refractivity contribution in [3.8, 4) is 0 Å². The Balaban J connectivity index is 1.84. The first-order chi connectivity index (χ1) is 18.0. The molecule has 4 heteroatoms. The van der Waals surface area contributed by atoms with Gasteiger partial charge in [-0.1, -0.05) is 141 Å². The maximum atomic E-state index is 13.1. The van der Waals surface area contributed by atoms with Crippen molar-refractivity contribution in [2.24, 2.45) is 29.6 Å². The third-order valence-electron chi connectivity index (χ3n) is 10.4. The van der Waals surface area contributed by atoms with Crippen LogP contribution in [0.2, 0.25) is 0 Å². The molecule has 3 aliphatic carbocycles. The van der Waals surface area contributed by atoms with Gasteiger partial charge in [-0.3, -0.25) is 4.79 Å². The molecule has 3 fully saturated rings. The highest BCUT2D eigenvalue weighted by molar-refractivity contribution is 6.64. The van der Waals surface area contributed by atoms with Gasteiger partial charge >= 0.3 is 0 Å². The summed E-state index contributed by atoms with van der Waals surface area (Å²) in [5.74, 6) is 1.16. The van der Waals surface area contributed by atoms with Crippen LogP contribution in [0, 0.1) is 29.6 Å². The number of halogens is 2. The van der Waals surface area contributed by atoms with Crippen molar-refractivity contribution >= 4 is 34.7 Å². The minimum atomic E-state index is -0.967. The smallest absolute Gasteiger partial charge is 0.225 e. The molecule has 0 bridgehead atoms. The van der Waals surface area contributed by atoms with E-state index in [1.807, 2.05) is 0 Å². The second-order valence-electron chi connectivity index (χ2n) is 13.0. The predicted molar refractivity (Wildman–Crippen MR) is 158 cm³/mol. The first-order valence-corrected chi connectivity index (χ1v) is 17.2. The second-order valence-corrected chi connectivity index (χ2v) is 14.1. The Hall–Kier alpha value is -0.0800. The standard InChI is InChI=1S/C33H56Cl2O2/c34-32(37)30-25-33(35,26-36)31(28-21-15-10-4-1-2-5-11-16-22-28)24-18-12-17-23-29(30)27-19-13-8-6-3-7-9-14-20-27/h26-31H,1-25H2. The number of carbonyl (C=O) groups is 2. The lowest BCUT2D eigenvalue weighted by atomic mass is 9.66. The molecule has 0 amide bonds. The largest absolute Gasteiger partial charge is 0.301 e. The molecule has 4 atom stereocenters. The maximum Gasteiger partial charge on any atom is 0.225 e. The number of hydrogen-bond donors (Lipinski definition) is 0. The van der Waals surface area contributed by atoms with Gasteiger partial charge in [-0.2, -0.15) is 0 Å². The SMILES string of the molecule is O=CC1(Cl)CC(C(=O)Cl)C(C2CCCCCCCCC2)CCCCCC1C1CCCCCCCCCC1. The van der Waals surface area contributed by atoms with E-state index in [-0.39, 0.29) is 23.0 Å². The van der Waals surface area contributed by atoms with Crippen LogP contribution in [0.15, 0.2) is 0 Å². The highest BCUT2D eigenvalue weighted by atomic mass is 35.5. The van der Waals surface area contributed by atoms with Crippen LogP contribution in [0.25, 0.3) is 0 Å². The molecule has 3 rings (SSSR count). The molecule has 0 aliphatic heterocycles. The summed E-state index contributed by atoms with van der Waals surface area (Å²) >= 11 is 13.9. The summed E-state index contributed by atoms with van der Waals surface area (Å²) in [5, 5.41) is -0.240. The summed E-state index contributed by atoms with van der Waals surface area (Å²) < 4.78 is 0. The van der Waals surface area contributed by atoms with Crippen LogP contribution < -0.4 is 0 Å². The summed E-state index contributed by atoms with van der Waals surface area (Å²) in [6, 6.07) is 0. The molecule has 0 saturated heterocycles. The zero-order chi connectivity index (χ0) is 26.3. The average Bonchev–Trinajstić information content (AvgIpc) is 2.96. The molecular formula is C33H56Cl2O2. The van der Waals surface area contributed by atoms with E-state index in [0.29, 0.717) is 18.3 Å². The Morgan fingerprint density at radius 2 is 0.946 bits per heavy atom. The van der Waals surface area contributed by atoms with Crippen LogP contribution in [-0.4, -0.2) is 16.4 Å². The van der Waals surface area contributed by atoms with E-state index in [4.69, 9.17) is 23.2 Å². The van der Waals surface area contributed by atoms with Gasteiger partial charge in [-0.05, 0) is 54.5 Å². The summed E-state index contributed by atoms with van der Waals surface area (Å²) in [7, 11) is 0. The highest BCUT2D eigenvalue weighted by Crippen LogP contribution is 2.48. The Morgan fingerprint density at radius 3 is 1.41 bits per heavy atom. The molecule has 0 aromatic heterocycles. The molecule has 3 saturated carbocycles. The third-order valence-corrected chi connectivity index (χ3v) is 11.2. The molecule has 4 unspecified atom stereocenters. The minimum Gasteiger partial charge on any atom is -0.301 e. The van der Waals surface area contributed by atoms with Crippen LogP contribution >= 0.6 is 23.2 Å². The molecule has 0 spiro atoms. The van der Waals surface area contributed by atoms with Crippen LogP contribution in [0.3, 0.4) is 0 Å². The second kappa shape index (κ2) is 17.6. The number of alkyl halides is 1. The first-order valence-electron chi connectivity index (χ1n) is 16.4. The molecule has 0 aromatic carbocycles. The molecule has 214 valence electrons. The highest BCUT2D eigenvalue weighted by Gasteiger charge is 2.46. The van der Waals surface area contributed by atoms with Crippen LogP contribution in [-0.2, 0) is 9.59 Å². The number of rotatable bonds is 4. The number of hydrogen-bond acceptors (Lipinski definition) is 2. The Kier molecular flexibility index (Phi) is 14.9. The molecule has 0 N–H and O–H groups in total. The van der Waals surface area contributed by atoms with Gasteiger partial charge in [-0.25, -0.2) is 0 Å². The fourth-order valence-corrected chi connectivity index (χ4v) is 8.96. The van der Waals surface area contributed by atoms with E-state index in [1.54, 1.807) is 0 Å². The molecule has 2 nitrogen and oxygen atoms in total. The number of carbonyl (C=O) groups excluding carboxylic acids is 2. The lowest BCUT2D eigenvalue weighted by Crippen LogP contribution is -2.44. The lowest BCUT2D eigenvalue weighted by molar-refractivity contribution is -0.120. The van der Waals surface area contributed by atoms with Crippen molar-refractivity contribution in [3.05, 3.63) is 0 Å². The van der Waals surface area contributed by atoms with Crippen molar-refractivity contribution < 1.29 is 9.59 Å². The quantitative estimate of drug-likeness (QED) is 0.196. The van der Waals surface area contributed by atoms with E-state index in [2.05, 4.69) is 0 Å². The first kappa shape index (κ1) is 31.4. The van der Waals surface area contributed by atoms with Gasteiger partial charge < -0.3 is 4.79 Å². The zero-order valence-corrected chi connectivity index (χ0v) is 25.2. The predicted octanol–water partition coefficient (Wildman–Crippen LogP) is 10.8. The van der Waals surface area contributed by atoms with Gasteiger partial charge in [0.15, 0.2) is 0 Å². The Labute approximate surface area is 238 Å². The summed E-state index contributed by atoms with van der Waals surface area (Å²) in [4.78, 5) is 25.0. The summed E-state index contributed by atoms with van der Waals surface area (Å²) in [6.07, 6.45) is 31.5. The topological polar surface area (TPSA) is 34.1 Å². The van der Waals surface area contributed by atoms with Gasteiger partial charge in [0.1, 0.15) is 11.2 Å². The van der Waals surface area contributed by atoms with Crippen LogP contribution in [0.1, 0.15) is 161 Å². The normalized spacial score (nSPS) is 34.1. The fourth-order valence-electron chi connectivity index (χ4n) is 8.27. The average molecular weight is 556 g/mol. The van der Waals surface area contributed by atoms with Crippen molar-refractivity contribution in [1.29, 1.82) is 0 Å². The van der Waals surface area contributed by atoms with Crippen molar-refractivity contribution in [3.63, 3.8) is 0 Å². The van der Waals surface area contributed by atoms with E-state index < -0.39 is 4.87 Å². The molecule has 0 radical (unpaired) electrons. The fraction of sp³-hybridized carbons (Fsp3) is 0.939. The van der Waals surface area contributed by atoms with E-state index >= 15 is 0 Å². The van der Waals surface area contributed by atoms with E-state index in [0.717, 1.165) is 25.5 Å². The van der Waals surface area contributed by atoms with Gasteiger partial charge in [0.2, 0.25) is 5.24 Å². The van der Waals surface area contributed by atoms with Crippen molar-refractivity contribution in [2.75, 3.05) is 0 Å². The summed E-state index contributed by atoms with van der Waals surface area (Å²) in [5.41, 5.74) is 0. The van der Waals surface area contributed by atoms with Gasteiger partial charge in [-0.15, -0.1) is 11.6 Å². The third kappa shape index (κ3) is 10.4. The Bertz CT molecular complexity index is 630. The minimum absolute atomic E-state index is 0.161. The molecule has 0 heterocycles. The van der Waals surface area contributed by atoms with E-state index in [9.17, 15) is 9.59 Å². The monoisotopic (exact) mass is 554 g/mol. The zero-order valence-electron chi connectivity index (χ0n) is 23.7. The Morgan fingerprint density at radius 1 is 0.568 bits per heavy atom. The van der Waals surface area contributed by atoms with E-state index in [1.165, 1.54) is 135 Å². The lowest BCUT2D eigenvalue weighted by Gasteiger charge is -2.42. The van der Waals surface area contributed by atoms with Crippen molar-refractivity contribution in [2.45, 2.75) is 165 Å². The maximum absolute atomic E-state index is 13.1. The number of aldehydes is 1. The van der Waals surface area contributed by atoms with Gasteiger partial charge in [0, 0.05) is 5.92 Å².